The van der Waals surface area contributed by atoms with Crippen LogP contribution in [0.5, 0.6) is 0 Å². The van der Waals surface area contributed by atoms with Crippen molar-refractivity contribution in [2.24, 2.45) is 0 Å². The predicted molar refractivity (Wildman–Crippen MR) is 33.4 cm³/mol. The molecule has 0 atom stereocenters. The molecule has 0 radical (unpaired) electrons. The molecule has 0 aromatic carbocycles. The number of hydrogen-bond acceptors (Lipinski definition) is 1. The van der Waals surface area contributed by atoms with Gasteiger partial charge in [0.25, 0.3) is 0 Å². The van der Waals surface area contributed by atoms with Gasteiger partial charge in [0.05, 0.1) is 0 Å². The molecular weight excluding hydrogens is 156 g/mol. The van der Waals surface area contributed by atoms with Crippen molar-refractivity contribution in [2.45, 2.75) is 13.3 Å². The molecule has 0 aromatic rings. The van der Waals surface area contributed by atoms with Gasteiger partial charge in [-0.05, 0) is 22.9 Å². The van der Waals surface area contributed by atoms with Gasteiger partial charge in [-0.3, -0.25) is 4.79 Å². The van der Waals surface area contributed by atoms with Gasteiger partial charge in [0.2, 0.25) is 4.69 Å². The van der Waals surface area contributed by atoms with E-state index in [9.17, 15) is 4.79 Å². The minimum atomic E-state index is 0.0330. The zero-order valence-corrected chi connectivity index (χ0v) is 5.73. The molecule has 0 saturated heterocycles. The fraction of sp³-hybridized carbons (Fsp3) is 0.400. The molecule has 0 aliphatic rings. The van der Waals surface area contributed by atoms with Gasteiger partial charge in [0.1, 0.15) is 0 Å². The third-order valence-electron chi connectivity index (χ3n) is 0.514. The summed E-state index contributed by atoms with van der Waals surface area (Å²) >= 11 is 2.79. The molecule has 0 N–H and O–H groups in total. The van der Waals surface area contributed by atoms with E-state index in [1.54, 1.807) is 6.08 Å². The van der Waals surface area contributed by atoms with Crippen molar-refractivity contribution in [3.05, 3.63) is 12.2 Å². The van der Waals surface area contributed by atoms with Gasteiger partial charge in [-0.1, -0.05) is 12.2 Å². The van der Waals surface area contributed by atoms with Crippen LogP contribution in [0.2, 0.25) is 0 Å². The number of carbonyl (C=O) groups is 1. The van der Waals surface area contributed by atoms with Crippen LogP contribution in [0.25, 0.3) is 0 Å². The highest BCUT2D eigenvalue weighted by atomic mass is 79.9. The summed E-state index contributed by atoms with van der Waals surface area (Å²) in [4.78, 5) is 10.1. The molecule has 0 unspecified atom stereocenters. The zero-order chi connectivity index (χ0) is 5.70. The summed E-state index contributed by atoms with van der Waals surface area (Å²) < 4.78 is 0.0330. The summed E-state index contributed by atoms with van der Waals surface area (Å²) in [6.07, 6.45) is 4.15. The summed E-state index contributed by atoms with van der Waals surface area (Å²) in [5, 5.41) is 0. The third-order valence-corrected chi connectivity index (χ3v) is 0.838. The lowest BCUT2D eigenvalue weighted by Crippen LogP contribution is -1.76. The Labute approximate surface area is 51.5 Å². The highest BCUT2D eigenvalue weighted by Crippen LogP contribution is 1.91. The van der Waals surface area contributed by atoms with E-state index in [0.717, 1.165) is 0 Å². The molecule has 0 fully saturated rings. The first kappa shape index (κ1) is 6.89. The molecule has 0 aromatic heterocycles. The van der Waals surface area contributed by atoms with Crippen molar-refractivity contribution < 1.29 is 4.79 Å². The van der Waals surface area contributed by atoms with E-state index in [0.29, 0.717) is 6.42 Å². The molecule has 40 valence electrons. The Morgan fingerprint density at radius 3 is 2.57 bits per heavy atom. The van der Waals surface area contributed by atoms with Crippen LogP contribution in [0.4, 0.5) is 0 Å². The summed E-state index contributed by atoms with van der Waals surface area (Å²) in [7, 11) is 0. The van der Waals surface area contributed by atoms with Crippen molar-refractivity contribution in [2.75, 3.05) is 0 Å². The van der Waals surface area contributed by atoms with Crippen LogP contribution < -0.4 is 0 Å². The molecule has 0 heterocycles. The molecule has 0 saturated carbocycles. The monoisotopic (exact) mass is 162 g/mol. The van der Waals surface area contributed by atoms with E-state index in [2.05, 4.69) is 15.9 Å². The average molecular weight is 163 g/mol. The molecule has 2 heteroatoms. The highest BCUT2D eigenvalue weighted by Gasteiger charge is 1.84. The van der Waals surface area contributed by atoms with Crippen molar-refractivity contribution in [1.82, 2.24) is 0 Å². The second-order valence-electron chi connectivity index (χ2n) is 1.13. The molecule has 0 amide bonds. The molecule has 0 aliphatic heterocycles. The first-order chi connectivity index (χ1) is 3.27. The van der Waals surface area contributed by atoms with Gasteiger partial charge in [-0.25, -0.2) is 0 Å². The first-order valence-corrected chi connectivity index (χ1v) is 2.86. The number of carbonyl (C=O) groups excluding carboxylic acids is 1. The van der Waals surface area contributed by atoms with Crippen LogP contribution in [0.3, 0.4) is 0 Å². The number of allylic oxidation sites excluding steroid dienone is 2. The van der Waals surface area contributed by atoms with Crippen molar-refractivity contribution in [3.63, 3.8) is 0 Å². The largest absolute Gasteiger partial charge is 0.286 e. The maximum Gasteiger partial charge on any atom is 0.201 e. The number of rotatable bonds is 2. The van der Waals surface area contributed by atoms with E-state index in [1.807, 2.05) is 13.0 Å². The van der Waals surface area contributed by atoms with Crippen LogP contribution in [0, 0.1) is 0 Å². The second-order valence-corrected chi connectivity index (χ2v) is 2.01. The van der Waals surface area contributed by atoms with Crippen molar-refractivity contribution in [3.8, 4) is 0 Å². The summed E-state index contributed by atoms with van der Waals surface area (Å²) in [6.45, 7) is 1.88. The smallest absolute Gasteiger partial charge is 0.201 e. The standard InChI is InChI=1S/C5H7BrO/c1-2-3-4-5(6)7/h2-3H,4H2,1H3. The van der Waals surface area contributed by atoms with E-state index in [-0.39, 0.29) is 4.69 Å². The first-order valence-electron chi connectivity index (χ1n) is 2.07. The summed E-state index contributed by atoms with van der Waals surface area (Å²) in [5.74, 6) is 0. The van der Waals surface area contributed by atoms with Crippen LogP contribution in [-0.2, 0) is 4.79 Å². The maximum absolute atomic E-state index is 10.1. The molecule has 0 spiro atoms. The van der Waals surface area contributed by atoms with E-state index in [4.69, 9.17) is 0 Å². The van der Waals surface area contributed by atoms with Crippen LogP contribution in [0.15, 0.2) is 12.2 Å². The molecule has 0 aliphatic carbocycles. The number of halogens is 1. The number of hydrogen-bond donors (Lipinski definition) is 0. The topological polar surface area (TPSA) is 17.1 Å². The molecule has 7 heavy (non-hydrogen) atoms. The van der Waals surface area contributed by atoms with E-state index < -0.39 is 0 Å². The zero-order valence-electron chi connectivity index (χ0n) is 4.15. The Hall–Kier alpha value is -0.110. The Balaban J connectivity index is 3.14. The predicted octanol–water partition coefficient (Wildman–Crippen LogP) is 1.87. The molecule has 0 rings (SSSR count). The lowest BCUT2D eigenvalue weighted by molar-refractivity contribution is -0.109. The van der Waals surface area contributed by atoms with Crippen LogP contribution in [-0.4, -0.2) is 4.69 Å². The van der Waals surface area contributed by atoms with E-state index in [1.165, 1.54) is 0 Å². The van der Waals surface area contributed by atoms with Gasteiger partial charge in [0.15, 0.2) is 0 Å². The average Bonchev–Trinajstić information content (AvgIpc) is 1.61. The highest BCUT2D eigenvalue weighted by molar-refractivity contribution is 9.18. The normalized spacial score (nSPS) is 10.0. The fourth-order valence-corrected chi connectivity index (χ4v) is 0.397. The summed E-state index contributed by atoms with van der Waals surface area (Å²) in [5.41, 5.74) is 0. The van der Waals surface area contributed by atoms with Crippen molar-refractivity contribution >= 4 is 20.6 Å². The SMILES string of the molecule is CC=CCC(=O)Br. The molecule has 1 nitrogen and oxygen atoms in total. The van der Waals surface area contributed by atoms with Gasteiger partial charge < -0.3 is 0 Å². The van der Waals surface area contributed by atoms with Gasteiger partial charge in [-0.2, -0.15) is 0 Å². The third kappa shape index (κ3) is 5.89. The van der Waals surface area contributed by atoms with Crippen molar-refractivity contribution in [1.29, 1.82) is 0 Å². The van der Waals surface area contributed by atoms with Crippen LogP contribution in [0.1, 0.15) is 13.3 Å². The quantitative estimate of drug-likeness (QED) is 0.448. The Morgan fingerprint density at radius 2 is 2.43 bits per heavy atom. The minimum Gasteiger partial charge on any atom is -0.286 e. The minimum absolute atomic E-state index is 0.0330. The van der Waals surface area contributed by atoms with Gasteiger partial charge >= 0.3 is 0 Å². The van der Waals surface area contributed by atoms with E-state index >= 15 is 0 Å². The Morgan fingerprint density at radius 1 is 1.86 bits per heavy atom. The Bertz CT molecular complexity index is 86.1. The lowest BCUT2D eigenvalue weighted by atomic mass is 10.4. The van der Waals surface area contributed by atoms with Gasteiger partial charge in [-0.15, -0.1) is 0 Å². The lowest BCUT2D eigenvalue weighted by Gasteiger charge is -1.75. The van der Waals surface area contributed by atoms with Gasteiger partial charge in [0, 0.05) is 6.42 Å². The summed E-state index contributed by atoms with van der Waals surface area (Å²) in [6, 6.07) is 0. The van der Waals surface area contributed by atoms with Crippen LogP contribution >= 0.6 is 15.9 Å². The molecule has 0 bridgehead atoms. The fourth-order valence-electron chi connectivity index (χ4n) is 0.211. The Kier molecular flexibility index (Phi) is 4.00. The molecular formula is C5H7BrO. The second kappa shape index (κ2) is 4.06. The maximum atomic E-state index is 10.1.